The van der Waals surface area contributed by atoms with Gasteiger partial charge in [-0.2, -0.15) is 0 Å². The first-order chi connectivity index (χ1) is 17.0. The molecule has 184 valence electrons. The van der Waals surface area contributed by atoms with Crippen LogP contribution in [0.1, 0.15) is 68.4 Å². The van der Waals surface area contributed by atoms with E-state index in [0.29, 0.717) is 25.7 Å². The molecule has 2 amide bonds. The molecule has 3 aliphatic carbocycles. The van der Waals surface area contributed by atoms with Crippen LogP contribution >= 0.6 is 0 Å². The van der Waals surface area contributed by atoms with Crippen LogP contribution in [-0.2, 0) is 14.3 Å². The summed E-state index contributed by atoms with van der Waals surface area (Å²) in [7, 11) is 0. The number of hydrogen-bond acceptors (Lipinski definition) is 4. The van der Waals surface area contributed by atoms with Gasteiger partial charge in [0.2, 0.25) is 5.91 Å². The van der Waals surface area contributed by atoms with Gasteiger partial charge in [-0.15, -0.1) is 0 Å². The number of amides is 2. The van der Waals surface area contributed by atoms with Gasteiger partial charge in [0, 0.05) is 12.0 Å². The Labute approximate surface area is 205 Å². The largest absolute Gasteiger partial charge is 0.480 e. The van der Waals surface area contributed by atoms with Gasteiger partial charge in [-0.1, -0.05) is 74.2 Å². The third kappa shape index (κ3) is 4.51. The molecule has 7 heteroatoms. The van der Waals surface area contributed by atoms with Gasteiger partial charge in [0.05, 0.1) is 5.92 Å². The molecule has 0 unspecified atom stereocenters. The Hall–Kier alpha value is -3.35. The minimum absolute atomic E-state index is 0.0311. The summed E-state index contributed by atoms with van der Waals surface area (Å²) >= 11 is 0. The van der Waals surface area contributed by atoms with Gasteiger partial charge < -0.3 is 20.5 Å². The van der Waals surface area contributed by atoms with Crippen LogP contribution < -0.4 is 10.6 Å². The summed E-state index contributed by atoms with van der Waals surface area (Å²) in [5.41, 5.74) is 3.45. The number of carbonyl (C=O) groups is 3. The number of aliphatic carboxylic acids is 1. The SMILES string of the molecule is O=C(N[C@H]1CCCC[C@H]1C(=O)NC1(C(=O)O)CCCC1)OCC1c2ccccc2-c2ccccc21. The van der Waals surface area contributed by atoms with E-state index in [-0.39, 0.29) is 24.5 Å². The molecule has 0 aromatic heterocycles. The van der Waals surface area contributed by atoms with Crippen LogP contribution in [0.15, 0.2) is 48.5 Å². The fourth-order valence-corrected chi connectivity index (χ4v) is 6.11. The second kappa shape index (κ2) is 9.72. The molecular weight excluding hydrogens is 444 g/mol. The van der Waals surface area contributed by atoms with E-state index in [2.05, 4.69) is 34.9 Å². The predicted molar refractivity (Wildman–Crippen MR) is 131 cm³/mol. The summed E-state index contributed by atoms with van der Waals surface area (Å²) in [6.07, 6.45) is 5.01. The molecule has 0 aliphatic heterocycles. The lowest BCUT2D eigenvalue weighted by atomic mass is 9.83. The highest BCUT2D eigenvalue weighted by Gasteiger charge is 2.45. The highest BCUT2D eigenvalue weighted by atomic mass is 16.5. The van der Waals surface area contributed by atoms with Gasteiger partial charge >= 0.3 is 12.1 Å². The van der Waals surface area contributed by atoms with Gasteiger partial charge in [-0.25, -0.2) is 9.59 Å². The molecule has 0 radical (unpaired) electrons. The Bertz CT molecular complexity index is 1080. The van der Waals surface area contributed by atoms with E-state index >= 15 is 0 Å². The number of ether oxygens (including phenoxy) is 1. The maximum atomic E-state index is 13.1. The molecule has 2 fully saturated rings. The molecular formula is C28H32N2O5. The van der Waals surface area contributed by atoms with Crippen molar-refractivity contribution < 1.29 is 24.2 Å². The first-order valence-corrected chi connectivity index (χ1v) is 12.7. The Kier molecular flexibility index (Phi) is 6.50. The minimum Gasteiger partial charge on any atom is -0.480 e. The Morgan fingerprint density at radius 3 is 2.11 bits per heavy atom. The van der Waals surface area contributed by atoms with Crippen molar-refractivity contribution >= 4 is 18.0 Å². The summed E-state index contributed by atoms with van der Waals surface area (Å²) in [5.74, 6) is -1.74. The topological polar surface area (TPSA) is 105 Å². The maximum absolute atomic E-state index is 13.1. The molecule has 3 N–H and O–H groups in total. The highest BCUT2D eigenvalue weighted by Crippen LogP contribution is 2.44. The standard InChI is InChI=1S/C28H32N2O5/c31-25(30-28(26(32)33)15-7-8-16-28)22-13-5-6-14-24(22)29-27(34)35-17-23-20-11-3-1-9-18(20)19-10-2-4-12-21(19)23/h1-4,9-12,22-24H,5-8,13-17H2,(H,29,34)(H,30,31)(H,32,33)/t22-,24+/m1/s1. The predicted octanol–water partition coefficient (Wildman–Crippen LogP) is 4.60. The summed E-state index contributed by atoms with van der Waals surface area (Å²) < 4.78 is 5.69. The van der Waals surface area contributed by atoms with Crippen molar-refractivity contribution in [2.24, 2.45) is 5.92 Å². The number of benzene rings is 2. The molecule has 2 aromatic carbocycles. The third-order valence-corrected chi connectivity index (χ3v) is 7.98. The number of carbonyl (C=O) groups excluding carboxylic acids is 2. The van der Waals surface area contributed by atoms with Crippen LogP contribution in [0.5, 0.6) is 0 Å². The molecule has 0 heterocycles. The number of hydrogen-bond donors (Lipinski definition) is 3. The van der Waals surface area contributed by atoms with E-state index in [1.807, 2.05) is 24.3 Å². The van der Waals surface area contributed by atoms with Crippen molar-refractivity contribution in [2.75, 3.05) is 6.61 Å². The molecule has 0 spiro atoms. The summed E-state index contributed by atoms with van der Waals surface area (Å²) in [6.45, 7) is 0.214. The fourth-order valence-electron chi connectivity index (χ4n) is 6.11. The molecule has 0 saturated heterocycles. The van der Waals surface area contributed by atoms with Crippen molar-refractivity contribution in [1.29, 1.82) is 0 Å². The summed E-state index contributed by atoms with van der Waals surface area (Å²) in [6, 6.07) is 16.0. The van der Waals surface area contributed by atoms with Crippen molar-refractivity contribution in [3.8, 4) is 11.1 Å². The minimum atomic E-state index is -1.18. The first kappa shape index (κ1) is 23.4. The molecule has 7 nitrogen and oxygen atoms in total. The van der Waals surface area contributed by atoms with Gasteiger partial charge in [0.25, 0.3) is 0 Å². The first-order valence-electron chi connectivity index (χ1n) is 12.7. The summed E-state index contributed by atoms with van der Waals surface area (Å²) in [4.78, 5) is 37.8. The molecule has 0 bridgehead atoms. The molecule has 2 aromatic rings. The van der Waals surface area contributed by atoms with Gasteiger partial charge in [0.1, 0.15) is 12.1 Å². The number of carboxylic acid groups (broad SMARTS) is 1. The monoisotopic (exact) mass is 476 g/mol. The Morgan fingerprint density at radius 2 is 1.49 bits per heavy atom. The van der Waals surface area contributed by atoms with E-state index in [0.717, 1.165) is 36.8 Å². The Balaban J connectivity index is 1.23. The lowest BCUT2D eigenvalue weighted by molar-refractivity contribution is -0.148. The van der Waals surface area contributed by atoms with Gasteiger partial charge in [-0.3, -0.25) is 4.79 Å². The van der Waals surface area contributed by atoms with Gasteiger partial charge in [-0.05, 0) is 47.9 Å². The second-order valence-electron chi connectivity index (χ2n) is 10.1. The van der Waals surface area contributed by atoms with E-state index in [1.54, 1.807) is 0 Å². The molecule has 35 heavy (non-hydrogen) atoms. The van der Waals surface area contributed by atoms with Crippen molar-refractivity contribution in [2.45, 2.75) is 68.9 Å². The number of nitrogens with one attached hydrogen (secondary N) is 2. The van der Waals surface area contributed by atoms with Crippen molar-refractivity contribution in [1.82, 2.24) is 10.6 Å². The molecule has 3 aliphatic rings. The number of fused-ring (bicyclic) bond motifs is 3. The molecule has 5 rings (SSSR count). The average Bonchev–Trinajstić information content (AvgIpc) is 3.47. The van der Waals surface area contributed by atoms with E-state index in [4.69, 9.17) is 4.74 Å². The lowest BCUT2D eigenvalue weighted by Crippen LogP contribution is -2.57. The van der Waals surface area contributed by atoms with Crippen LogP contribution in [0.2, 0.25) is 0 Å². The quantitative estimate of drug-likeness (QED) is 0.565. The zero-order valence-corrected chi connectivity index (χ0v) is 19.8. The zero-order valence-electron chi connectivity index (χ0n) is 19.8. The summed E-state index contributed by atoms with van der Waals surface area (Å²) in [5, 5.41) is 15.5. The van der Waals surface area contributed by atoms with Crippen molar-refractivity contribution in [3.63, 3.8) is 0 Å². The number of alkyl carbamates (subject to hydrolysis) is 1. The van der Waals surface area contributed by atoms with Gasteiger partial charge in [0.15, 0.2) is 0 Å². The van der Waals surface area contributed by atoms with Crippen LogP contribution in [0, 0.1) is 5.92 Å². The molecule has 2 atom stereocenters. The second-order valence-corrected chi connectivity index (χ2v) is 10.1. The highest BCUT2D eigenvalue weighted by molar-refractivity contribution is 5.89. The number of rotatable bonds is 6. The van der Waals surface area contributed by atoms with Crippen LogP contribution in [-0.4, -0.2) is 41.3 Å². The third-order valence-electron chi connectivity index (χ3n) is 7.98. The number of carboxylic acids is 1. The van der Waals surface area contributed by atoms with Crippen LogP contribution in [0.25, 0.3) is 11.1 Å². The average molecular weight is 477 g/mol. The normalized spacial score (nSPS) is 22.6. The fraction of sp³-hybridized carbons (Fsp3) is 0.464. The van der Waals surface area contributed by atoms with E-state index in [1.165, 1.54) is 11.1 Å². The Morgan fingerprint density at radius 1 is 0.886 bits per heavy atom. The van der Waals surface area contributed by atoms with Crippen molar-refractivity contribution in [3.05, 3.63) is 59.7 Å². The molecule has 2 saturated carbocycles. The van der Waals surface area contributed by atoms with Crippen LogP contribution in [0.3, 0.4) is 0 Å². The smallest absolute Gasteiger partial charge is 0.407 e. The van der Waals surface area contributed by atoms with E-state index in [9.17, 15) is 19.5 Å². The van der Waals surface area contributed by atoms with Crippen LogP contribution in [0.4, 0.5) is 4.79 Å². The maximum Gasteiger partial charge on any atom is 0.407 e. The lowest BCUT2D eigenvalue weighted by Gasteiger charge is -2.34. The van der Waals surface area contributed by atoms with E-state index < -0.39 is 23.5 Å². The zero-order chi connectivity index (χ0) is 24.4.